The van der Waals surface area contributed by atoms with Crippen molar-refractivity contribution in [1.29, 1.82) is 0 Å². The number of aryl methyl sites for hydroxylation is 3. The van der Waals surface area contributed by atoms with Crippen molar-refractivity contribution in [3.63, 3.8) is 0 Å². The number of alkyl halides is 1. The fourth-order valence-electron chi connectivity index (χ4n) is 4.25. The van der Waals surface area contributed by atoms with Gasteiger partial charge in [0.05, 0.1) is 6.61 Å². The molecule has 0 saturated carbocycles. The quantitative estimate of drug-likeness (QED) is 0.153. The highest BCUT2D eigenvalue weighted by Gasteiger charge is 2.15. The van der Waals surface area contributed by atoms with Crippen LogP contribution >= 0.6 is 0 Å². The van der Waals surface area contributed by atoms with Crippen LogP contribution in [0.2, 0.25) is 0 Å². The van der Waals surface area contributed by atoms with E-state index in [0.29, 0.717) is 24.0 Å². The van der Waals surface area contributed by atoms with Gasteiger partial charge in [-0.25, -0.2) is 17.6 Å². The van der Waals surface area contributed by atoms with Gasteiger partial charge < -0.3 is 4.74 Å². The smallest absolute Gasteiger partial charge is 0.200 e. The summed E-state index contributed by atoms with van der Waals surface area (Å²) in [6.45, 7) is 0.917. The second-order valence-corrected chi connectivity index (χ2v) is 9.03. The van der Waals surface area contributed by atoms with Crippen LogP contribution in [0.4, 0.5) is 22.0 Å². The molecule has 3 aromatic rings. The van der Waals surface area contributed by atoms with E-state index < -0.39 is 24.1 Å². The van der Waals surface area contributed by atoms with Gasteiger partial charge in [-0.3, -0.25) is 0 Å². The van der Waals surface area contributed by atoms with E-state index >= 15 is 0 Å². The molecule has 0 atom stereocenters. The minimum absolute atomic E-state index is 0.109. The van der Waals surface area contributed by atoms with Crippen LogP contribution in [0.25, 0.3) is 11.1 Å². The second kappa shape index (κ2) is 14.6. The lowest BCUT2D eigenvalue weighted by Gasteiger charge is -2.10. The molecular weight excluding hydrogens is 483 g/mol. The molecule has 0 aliphatic heterocycles. The number of unbranched alkanes of at least 4 members (excludes halogenated alkanes) is 4. The minimum atomic E-state index is -1.03. The van der Waals surface area contributed by atoms with E-state index in [1.807, 2.05) is 30.3 Å². The highest BCUT2D eigenvalue weighted by atomic mass is 19.2. The summed E-state index contributed by atoms with van der Waals surface area (Å²) in [5, 5.41) is 0. The third kappa shape index (κ3) is 8.44. The summed E-state index contributed by atoms with van der Waals surface area (Å²) in [6, 6.07) is 15.7. The molecule has 0 heterocycles. The standard InChI is InChI=1S/C31H33F5O/c1-2-37-29-19-17-25(30(35)31(29)36)16-12-23-13-18-27(28(34)20-23)24-14-10-22(11-15-24)8-6-4-3-5-7-9-26(33)21-32/h9-11,13-15,17-20H,2-8,12,16,21H2,1H3/b26-9-. The van der Waals surface area contributed by atoms with Gasteiger partial charge >= 0.3 is 0 Å². The van der Waals surface area contributed by atoms with Crippen molar-refractivity contribution in [1.82, 2.24) is 0 Å². The molecule has 0 unspecified atom stereocenters. The summed E-state index contributed by atoms with van der Waals surface area (Å²) in [7, 11) is 0. The van der Waals surface area contributed by atoms with Crippen LogP contribution in [0, 0.1) is 17.5 Å². The van der Waals surface area contributed by atoms with E-state index in [0.717, 1.165) is 43.2 Å². The summed E-state index contributed by atoms with van der Waals surface area (Å²) < 4.78 is 73.1. The second-order valence-electron chi connectivity index (χ2n) is 9.03. The molecule has 3 rings (SSSR count). The van der Waals surface area contributed by atoms with Gasteiger partial charge in [0.1, 0.15) is 18.3 Å². The SMILES string of the molecule is CCOc1ccc(CCc2ccc(-c3ccc(CCCCCC/C=C(\F)CF)cc3)c(F)c2)c(F)c1F. The van der Waals surface area contributed by atoms with Crippen LogP contribution in [-0.4, -0.2) is 13.3 Å². The molecule has 0 N–H and O–H groups in total. The van der Waals surface area contributed by atoms with E-state index in [-0.39, 0.29) is 30.2 Å². The number of halogens is 5. The Balaban J connectivity index is 1.50. The summed E-state index contributed by atoms with van der Waals surface area (Å²) in [5.41, 5.74) is 3.35. The maximum atomic E-state index is 14.9. The zero-order valence-corrected chi connectivity index (χ0v) is 21.1. The van der Waals surface area contributed by atoms with Gasteiger partial charge in [-0.15, -0.1) is 0 Å². The molecule has 0 aliphatic carbocycles. The highest BCUT2D eigenvalue weighted by Crippen LogP contribution is 2.27. The molecule has 1 nitrogen and oxygen atoms in total. The van der Waals surface area contributed by atoms with Crippen molar-refractivity contribution in [2.75, 3.05) is 13.3 Å². The van der Waals surface area contributed by atoms with Crippen molar-refractivity contribution in [3.05, 3.63) is 101 Å². The Morgan fingerprint density at radius 3 is 2.22 bits per heavy atom. The molecule has 0 aromatic heterocycles. The summed E-state index contributed by atoms with van der Waals surface area (Å²) in [6.07, 6.45) is 7.21. The largest absolute Gasteiger partial charge is 0.491 e. The number of rotatable bonds is 14. The molecule has 0 radical (unpaired) electrons. The van der Waals surface area contributed by atoms with Crippen molar-refractivity contribution in [3.8, 4) is 16.9 Å². The third-order valence-electron chi connectivity index (χ3n) is 6.32. The van der Waals surface area contributed by atoms with E-state index in [2.05, 4.69) is 0 Å². The first-order chi connectivity index (χ1) is 17.9. The molecule has 0 aliphatic rings. The van der Waals surface area contributed by atoms with Crippen molar-refractivity contribution < 1.29 is 26.7 Å². The fourth-order valence-corrected chi connectivity index (χ4v) is 4.25. The molecule has 0 bridgehead atoms. The van der Waals surface area contributed by atoms with E-state index in [1.54, 1.807) is 13.0 Å². The Kier molecular flexibility index (Phi) is 11.2. The first-order valence-electron chi connectivity index (χ1n) is 12.8. The van der Waals surface area contributed by atoms with E-state index in [4.69, 9.17) is 4.74 Å². The monoisotopic (exact) mass is 516 g/mol. The third-order valence-corrected chi connectivity index (χ3v) is 6.32. The number of ether oxygens (including phenoxy) is 1. The molecule has 6 heteroatoms. The Morgan fingerprint density at radius 2 is 1.51 bits per heavy atom. The van der Waals surface area contributed by atoms with Crippen LogP contribution < -0.4 is 4.74 Å². The zero-order valence-electron chi connectivity index (χ0n) is 21.1. The van der Waals surface area contributed by atoms with Gasteiger partial charge in [-0.05, 0) is 79.8 Å². The van der Waals surface area contributed by atoms with Crippen molar-refractivity contribution >= 4 is 0 Å². The van der Waals surface area contributed by atoms with Crippen LogP contribution in [-0.2, 0) is 19.3 Å². The maximum Gasteiger partial charge on any atom is 0.200 e. The molecule has 198 valence electrons. The van der Waals surface area contributed by atoms with Gasteiger partial charge in [0.25, 0.3) is 0 Å². The first kappa shape index (κ1) is 28.4. The van der Waals surface area contributed by atoms with Crippen LogP contribution in [0.15, 0.2) is 66.5 Å². The fraction of sp³-hybridized carbons (Fsp3) is 0.355. The molecule has 37 heavy (non-hydrogen) atoms. The van der Waals surface area contributed by atoms with Gasteiger partial charge in [-0.1, -0.05) is 61.4 Å². The van der Waals surface area contributed by atoms with E-state index in [9.17, 15) is 22.0 Å². The topological polar surface area (TPSA) is 9.23 Å². The van der Waals surface area contributed by atoms with E-state index in [1.165, 1.54) is 24.3 Å². The Hall–Kier alpha value is -3.15. The van der Waals surface area contributed by atoms with Crippen molar-refractivity contribution in [2.45, 2.75) is 58.3 Å². The summed E-state index contributed by atoms with van der Waals surface area (Å²) in [5.74, 6) is -3.08. The maximum absolute atomic E-state index is 14.9. The lowest BCUT2D eigenvalue weighted by atomic mass is 9.98. The number of benzene rings is 3. The van der Waals surface area contributed by atoms with Gasteiger partial charge in [-0.2, -0.15) is 4.39 Å². The average molecular weight is 517 g/mol. The minimum Gasteiger partial charge on any atom is -0.491 e. The predicted molar refractivity (Wildman–Crippen MR) is 139 cm³/mol. The van der Waals surface area contributed by atoms with Gasteiger partial charge in [0, 0.05) is 5.56 Å². The highest BCUT2D eigenvalue weighted by molar-refractivity contribution is 5.64. The summed E-state index contributed by atoms with van der Waals surface area (Å²) >= 11 is 0. The average Bonchev–Trinajstić information content (AvgIpc) is 2.91. The first-order valence-corrected chi connectivity index (χ1v) is 12.8. The molecule has 3 aromatic carbocycles. The molecular formula is C31H33F5O. The summed E-state index contributed by atoms with van der Waals surface area (Å²) in [4.78, 5) is 0. The normalized spacial score (nSPS) is 11.7. The predicted octanol–water partition coefficient (Wildman–Crippen LogP) is 9.27. The number of hydrogen-bond donors (Lipinski definition) is 0. The lowest BCUT2D eigenvalue weighted by Crippen LogP contribution is -2.02. The zero-order chi connectivity index (χ0) is 26.6. The lowest BCUT2D eigenvalue weighted by molar-refractivity contribution is 0.313. The Morgan fingerprint density at radius 1 is 0.784 bits per heavy atom. The van der Waals surface area contributed by atoms with Crippen LogP contribution in [0.1, 0.15) is 55.7 Å². The van der Waals surface area contributed by atoms with Crippen molar-refractivity contribution in [2.24, 2.45) is 0 Å². The molecule has 0 saturated heterocycles. The molecule has 0 fully saturated rings. The van der Waals surface area contributed by atoms with Gasteiger partial charge in [0.15, 0.2) is 11.6 Å². The molecule has 0 amide bonds. The van der Waals surface area contributed by atoms with Crippen LogP contribution in [0.3, 0.4) is 0 Å². The number of allylic oxidation sites excluding steroid dienone is 2. The number of hydrogen-bond acceptors (Lipinski definition) is 1. The van der Waals surface area contributed by atoms with Crippen LogP contribution in [0.5, 0.6) is 5.75 Å². The molecule has 0 spiro atoms. The van der Waals surface area contributed by atoms with Gasteiger partial charge in [0.2, 0.25) is 5.82 Å². The Bertz CT molecular complexity index is 1170. The Labute approximate surface area is 216 Å².